The molecule has 0 spiro atoms. The quantitative estimate of drug-likeness (QED) is 0.142. The highest BCUT2D eigenvalue weighted by Crippen LogP contribution is 2.44. The van der Waals surface area contributed by atoms with Crippen LogP contribution in [-0.4, -0.2) is 0 Å². The number of nitrogens with zero attached hydrogens (tertiary/aromatic N) is 1. The summed E-state index contributed by atoms with van der Waals surface area (Å²) in [4.78, 5) is 2.41. The highest BCUT2D eigenvalue weighted by atomic mass is 15.1. The molecule has 0 radical (unpaired) electrons. The largest absolute Gasteiger partial charge is 0.310 e. The molecule has 0 heterocycles. The average molecular weight is 752 g/mol. The summed E-state index contributed by atoms with van der Waals surface area (Å²) in [7, 11) is 0. The van der Waals surface area contributed by atoms with E-state index in [2.05, 4.69) is 254 Å². The van der Waals surface area contributed by atoms with Gasteiger partial charge in [0.1, 0.15) is 0 Å². The minimum atomic E-state index is 1.08. The summed E-state index contributed by atoms with van der Waals surface area (Å²) in [6, 6.07) is 89.8. The van der Waals surface area contributed by atoms with Crippen LogP contribution in [0.25, 0.3) is 77.5 Å². The van der Waals surface area contributed by atoms with Crippen molar-refractivity contribution in [2.45, 2.75) is 0 Å². The van der Waals surface area contributed by atoms with Crippen molar-refractivity contribution in [1.82, 2.24) is 0 Å². The Kier molecular flexibility index (Phi) is 9.68. The molecule has 0 unspecified atom stereocenters. The van der Waals surface area contributed by atoms with Gasteiger partial charge in [-0.25, -0.2) is 0 Å². The Hall–Kier alpha value is -7.74. The molecule has 1 heteroatoms. The smallest absolute Gasteiger partial charge is 0.0540 e. The average Bonchev–Trinajstić information content (AvgIpc) is 3.33. The van der Waals surface area contributed by atoms with Crippen LogP contribution in [0.4, 0.5) is 17.1 Å². The third kappa shape index (κ3) is 7.23. The summed E-state index contributed by atoms with van der Waals surface area (Å²) >= 11 is 0. The standard InChI is InChI=1S/C58H41N/c1-3-16-42(17-4-1)43-32-34-44(35-33-43)45-36-38-51(39-37-45)59(52-25-14-24-50(41-52)55-28-10-9-27-53(55)46-18-5-2-6-19-46)58-31-12-11-29-57(58)49-23-13-22-48(40-49)56-30-15-21-47-20-7-8-26-54(47)56/h1-41H. The zero-order valence-corrected chi connectivity index (χ0v) is 32.6. The second kappa shape index (κ2) is 16.0. The SMILES string of the molecule is c1ccc(-c2ccc(-c3ccc(N(c4cccc(-c5ccccc5-c5ccccc5)c4)c4ccccc4-c4cccc(-c5cccc6ccccc56)c4)cc3)cc2)cc1. The van der Waals surface area contributed by atoms with E-state index in [9.17, 15) is 0 Å². The zero-order valence-electron chi connectivity index (χ0n) is 32.6. The van der Waals surface area contributed by atoms with Crippen LogP contribution in [0.2, 0.25) is 0 Å². The summed E-state index contributed by atoms with van der Waals surface area (Å²) in [6.45, 7) is 0. The van der Waals surface area contributed by atoms with Crippen molar-refractivity contribution in [3.63, 3.8) is 0 Å². The van der Waals surface area contributed by atoms with Crippen LogP contribution in [-0.2, 0) is 0 Å². The highest BCUT2D eigenvalue weighted by molar-refractivity contribution is 5.98. The monoisotopic (exact) mass is 751 g/mol. The summed E-state index contributed by atoms with van der Waals surface area (Å²) in [5, 5.41) is 2.50. The van der Waals surface area contributed by atoms with Gasteiger partial charge in [0.2, 0.25) is 0 Å². The van der Waals surface area contributed by atoms with E-state index in [-0.39, 0.29) is 0 Å². The molecule has 59 heavy (non-hydrogen) atoms. The number of rotatable bonds is 9. The van der Waals surface area contributed by atoms with Gasteiger partial charge in [0, 0.05) is 16.9 Å². The van der Waals surface area contributed by atoms with Crippen LogP contribution in [0.3, 0.4) is 0 Å². The van der Waals surface area contributed by atoms with E-state index in [0.29, 0.717) is 0 Å². The fourth-order valence-electron chi connectivity index (χ4n) is 8.38. The van der Waals surface area contributed by atoms with Crippen LogP contribution < -0.4 is 4.90 Å². The number of hydrogen-bond donors (Lipinski definition) is 0. The van der Waals surface area contributed by atoms with Crippen molar-refractivity contribution in [1.29, 1.82) is 0 Å². The van der Waals surface area contributed by atoms with Crippen molar-refractivity contribution in [2.24, 2.45) is 0 Å². The lowest BCUT2D eigenvalue weighted by molar-refractivity contribution is 1.28. The third-order valence-electron chi connectivity index (χ3n) is 11.3. The Morgan fingerprint density at radius 1 is 0.220 bits per heavy atom. The molecule has 0 bridgehead atoms. The van der Waals surface area contributed by atoms with Crippen LogP contribution in [0, 0.1) is 0 Å². The molecular formula is C58H41N. The molecule has 0 aromatic heterocycles. The Labute approximate surface area is 346 Å². The van der Waals surface area contributed by atoms with E-state index >= 15 is 0 Å². The molecule has 0 aliphatic heterocycles. The summed E-state index contributed by atoms with van der Waals surface area (Å²) in [5.74, 6) is 0. The van der Waals surface area contributed by atoms with Crippen molar-refractivity contribution in [2.75, 3.05) is 4.90 Å². The molecule has 0 aliphatic rings. The van der Waals surface area contributed by atoms with Gasteiger partial charge in [-0.2, -0.15) is 0 Å². The van der Waals surface area contributed by atoms with Crippen LogP contribution in [0.15, 0.2) is 249 Å². The minimum Gasteiger partial charge on any atom is -0.310 e. The fraction of sp³-hybridized carbons (Fsp3) is 0. The molecule has 10 aromatic rings. The van der Waals surface area contributed by atoms with Crippen molar-refractivity contribution >= 4 is 27.8 Å². The lowest BCUT2D eigenvalue weighted by Crippen LogP contribution is -2.11. The molecule has 1 nitrogen and oxygen atoms in total. The van der Waals surface area contributed by atoms with Crippen LogP contribution in [0.5, 0.6) is 0 Å². The summed E-state index contributed by atoms with van der Waals surface area (Å²) < 4.78 is 0. The number of benzene rings is 10. The van der Waals surface area contributed by atoms with Crippen molar-refractivity contribution < 1.29 is 0 Å². The van der Waals surface area contributed by atoms with Gasteiger partial charge < -0.3 is 4.90 Å². The zero-order chi connectivity index (χ0) is 39.4. The Bertz CT molecular complexity index is 3010. The first-order chi connectivity index (χ1) is 29.3. The molecule has 0 fully saturated rings. The van der Waals surface area contributed by atoms with Crippen LogP contribution >= 0.6 is 0 Å². The first-order valence-electron chi connectivity index (χ1n) is 20.3. The Morgan fingerprint density at radius 3 is 1.34 bits per heavy atom. The molecule has 0 aliphatic carbocycles. The number of fused-ring (bicyclic) bond motifs is 1. The lowest BCUT2D eigenvalue weighted by atomic mass is 9.93. The van der Waals surface area contributed by atoms with E-state index in [1.54, 1.807) is 0 Å². The normalized spacial score (nSPS) is 11.1. The summed E-state index contributed by atoms with van der Waals surface area (Å²) in [6.07, 6.45) is 0. The Balaban J connectivity index is 1.09. The van der Waals surface area contributed by atoms with Crippen molar-refractivity contribution in [3.05, 3.63) is 249 Å². The van der Waals surface area contributed by atoms with Gasteiger partial charge in [-0.15, -0.1) is 0 Å². The number of hydrogen-bond acceptors (Lipinski definition) is 1. The second-order valence-electron chi connectivity index (χ2n) is 14.9. The molecule has 0 saturated heterocycles. The van der Waals surface area contributed by atoms with Gasteiger partial charge in [-0.05, 0) is 108 Å². The first kappa shape index (κ1) is 35.7. The van der Waals surface area contributed by atoms with Gasteiger partial charge in [0.15, 0.2) is 0 Å². The van der Waals surface area contributed by atoms with Crippen molar-refractivity contribution in [3.8, 4) is 66.8 Å². The van der Waals surface area contributed by atoms with E-state index in [0.717, 1.165) is 33.8 Å². The van der Waals surface area contributed by atoms with Gasteiger partial charge >= 0.3 is 0 Å². The van der Waals surface area contributed by atoms with E-state index < -0.39 is 0 Å². The van der Waals surface area contributed by atoms with E-state index in [4.69, 9.17) is 0 Å². The second-order valence-corrected chi connectivity index (χ2v) is 14.9. The molecule has 0 saturated carbocycles. The lowest BCUT2D eigenvalue weighted by Gasteiger charge is -2.29. The maximum Gasteiger partial charge on any atom is 0.0540 e. The molecule has 10 aromatic carbocycles. The summed E-state index contributed by atoms with van der Waals surface area (Å²) in [5.41, 5.74) is 17.6. The molecule has 0 N–H and O–H groups in total. The first-order valence-corrected chi connectivity index (χ1v) is 20.3. The van der Waals surface area contributed by atoms with Gasteiger partial charge in [0.05, 0.1) is 5.69 Å². The van der Waals surface area contributed by atoms with Gasteiger partial charge in [0.25, 0.3) is 0 Å². The molecule has 278 valence electrons. The van der Waals surface area contributed by atoms with Crippen LogP contribution in [0.1, 0.15) is 0 Å². The molecule has 0 amide bonds. The fourth-order valence-corrected chi connectivity index (χ4v) is 8.38. The maximum atomic E-state index is 2.41. The molecular weight excluding hydrogens is 711 g/mol. The topological polar surface area (TPSA) is 3.24 Å². The third-order valence-corrected chi connectivity index (χ3v) is 11.3. The van der Waals surface area contributed by atoms with Gasteiger partial charge in [-0.3, -0.25) is 0 Å². The van der Waals surface area contributed by atoms with E-state index in [1.807, 2.05) is 0 Å². The predicted octanol–water partition coefficient (Wildman–Crippen LogP) is 16.3. The number of anilines is 3. The Morgan fingerprint density at radius 2 is 0.644 bits per heavy atom. The molecule has 10 rings (SSSR count). The maximum absolute atomic E-state index is 2.41. The highest BCUT2D eigenvalue weighted by Gasteiger charge is 2.19. The van der Waals surface area contributed by atoms with E-state index in [1.165, 1.54) is 60.8 Å². The predicted molar refractivity (Wildman–Crippen MR) is 251 cm³/mol. The van der Waals surface area contributed by atoms with Gasteiger partial charge in [-0.1, -0.05) is 212 Å². The number of para-hydroxylation sites is 1. The molecule has 0 atom stereocenters. The minimum absolute atomic E-state index is 1.08.